The van der Waals surface area contributed by atoms with Gasteiger partial charge < -0.3 is 14.7 Å². The second-order valence-electron chi connectivity index (χ2n) is 4.69. The van der Waals surface area contributed by atoms with Gasteiger partial charge in [0.15, 0.2) is 0 Å². The molecule has 1 heterocycles. The first-order valence-corrected chi connectivity index (χ1v) is 6.31. The summed E-state index contributed by atoms with van der Waals surface area (Å²) >= 11 is 0. The second-order valence-corrected chi connectivity index (χ2v) is 4.69. The fraction of sp³-hybridized carbons (Fsp3) is 0.538. The molecule has 1 fully saturated rings. The summed E-state index contributed by atoms with van der Waals surface area (Å²) in [7, 11) is 1.71. The average molecular weight is 266 g/mol. The molecule has 6 nitrogen and oxygen atoms in total. The number of non-ortho nitro benzene ring substituents is 1. The molecule has 0 unspecified atom stereocenters. The van der Waals surface area contributed by atoms with Gasteiger partial charge in [0, 0.05) is 38.0 Å². The van der Waals surface area contributed by atoms with Crippen LogP contribution in [0.15, 0.2) is 18.2 Å². The summed E-state index contributed by atoms with van der Waals surface area (Å²) in [5.41, 5.74) is 1.39. The lowest BCUT2D eigenvalue weighted by molar-refractivity contribution is -0.384. The van der Waals surface area contributed by atoms with Gasteiger partial charge in [-0.25, -0.2) is 0 Å². The standard InChI is InChI=1S/C13H18N2O4/c1-19-13-2-4-14(5-3-13)11-6-10(9-16)7-12(8-11)15(17)18/h6-8,13,16H,2-5,9H2,1H3. The number of aliphatic hydroxyl groups is 1. The van der Waals surface area contributed by atoms with E-state index in [4.69, 9.17) is 4.74 Å². The molecular weight excluding hydrogens is 248 g/mol. The van der Waals surface area contributed by atoms with E-state index in [0.29, 0.717) is 5.56 Å². The highest BCUT2D eigenvalue weighted by molar-refractivity contribution is 5.56. The third-order valence-corrected chi connectivity index (χ3v) is 3.50. The van der Waals surface area contributed by atoms with Crippen molar-refractivity contribution in [1.82, 2.24) is 0 Å². The molecule has 1 N–H and O–H groups in total. The summed E-state index contributed by atoms with van der Waals surface area (Å²) in [4.78, 5) is 12.6. The minimum absolute atomic E-state index is 0.0235. The van der Waals surface area contributed by atoms with Crippen LogP contribution < -0.4 is 4.90 Å². The van der Waals surface area contributed by atoms with E-state index in [1.165, 1.54) is 6.07 Å². The van der Waals surface area contributed by atoms with Crippen molar-refractivity contribution in [2.24, 2.45) is 0 Å². The number of methoxy groups -OCH3 is 1. The van der Waals surface area contributed by atoms with E-state index < -0.39 is 4.92 Å². The normalized spacial score (nSPS) is 16.6. The number of aliphatic hydroxyl groups excluding tert-OH is 1. The molecule has 0 aliphatic carbocycles. The number of hydrogen-bond donors (Lipinski definition) is 1. The molecule has 2 rings (SSSR count). The van der Waals surface area contributed by atoms with Gasteiger partial charge in [-0.05, 0) is 24.5 Å². The Morgan fingerprint density at radius 3 is 2.63 bits per heavy atom. The van der Waals surface area contributed by atoms with E-state index in [1.807, 2.05) is 0 Å². The van der Waals surface area contributed by atoms with Crippen molar-refractivity contribution in [3.63, 3.8) is 0 Å². The van der Waals surface area contributed by atoms with Crippen LogP contribution in [0.4, 0.5) is 11.4 Å². The predicted molar refractivity (Wildman–Crippen MR) is 71.3 cm³/mol. The van der Waals surface area contributed by atoms with Gasteiger partial charge in [0.05, 0.1) is 17.6 Å². The zero-order valence-corrected chi connectivity index (χ0v) is 10.9. The molecule has 1 aromatic rings. The second kappa shape index (κ2) is 5.99. The van der Waals surface area contributed by atoms with Crippen LogP contribution in [0.5, 0.6) is 0 Å². The monoisotopic (exact) mass is 266 g/mol. The molecule has 1 aromatic carbocycles. The fourth-order valence-electron chi connectivity index (χ4n) is 2.39. The highest BCUT2D eigenvalue weighted by Crippen LogP contribution is 2.27. The fourth-order valence-corrected chi connectivity index (χ4v) is 2.39. The summed E-state index contributed by atoms with van der Waals surface area (Å²) in [6, 6.07) is 4.78. The summed E-state index contributed by atoms with van der Waals surface area (Å²) in [6.07, 6.45) is 2.09. The highest BCUT2D eigenvalue weighted by Gasteiger charge is 2.21. The summed E-state index contributed by atoms with van der Waals surface area (Å²) < 4.78 is 5.31. The maximum atomic E-state index is 10.9. The Morgan fingerprint density at radius 2 is 2.11 bits per heavy atom. The molecule has 1 aliphatic rings. The Hall–Kier alpha value is -1.66. The van der Waals surface area contributed by atoms with Gasteiger partial charge in [-0.15, -0.1) is 0 Å². The Labute approximate surface area is 111 Å². The lowest BCUT2D eigenvalue weighted by atomic mass is 10.1. The third-order valence-electron chi connectivity index (χ3n) is 3.50. The number of hydrogen-bond acceptors (Lipinski definition) is 5. The van der Waals surface area contributed by atoms with E-state index in [-0.39, 0.29) is 18.4 Å². The smallest absolute Gasteiger partial charge is 0.271 e. The first-order chi connectivity index (χ1) is 9.13. The number of nitro groups is 1. The van der Waals surface area contributed by atoms with E-state index in [0.717, 1.165) is 31.6 Å². The Kier molecular flexibility index (Phi) is 4.34. The predicted octanol–water partition coefficient (Wildman–Crippen LogP) is 1.70. The van der Waals surface area contributed by atoms with E-state index >= 15 is 0 Å². The maximum Gasteiger partial charge on any atom is 0.271 e. The summed E-state index contributed by atoms with van der Waals surface area (Å²) in [5, 5.41) is 20.1. The van der Waals surface area contributed by atoms with Crippen LogP contribution >= 0.6 is 0 Å². The van der Waals surface area contributed by atoms with E-state index in [1.54, 1.807) is 19.2 Å². The molecule has 0 amide bonds. The van der Waals surface area contributed by atoms with Crippen LogP contribution in [-0.2, 0) is 11.3 Å². The number of nitro benzene ring substituents is 1. The number of benzene rings is 1. The van der Waals surface area contributed by atoms with Crippen LogP contribution in [0.25, 0.3) is 0 Å². The highest BCUT2D eigenvalue weighted by atomic mass is 16.6. The lowest BCUT2D eigenvalue weighted by Gasteiger charge is -2.33. The molecule has 0 spiro atoms. The van der Waals surface area contributed by atoms with Crippen molar-refractivity contribution in [2.45, 2.75) is 25.6 Å². The van der Waals surface area contributed by atoms with Gasteiger partial charge in [0.2, 0.25) is 0 Å². The van der Waals surface area contributed by atoms with Crippen molar-refractivity contribution in [3.05, 3.63) is 33.9 Å². The summed E-state index contributed by atoms with van der Waals surface area (Å²) in [6.45, 7) is 1.43. The largest absolute Gasteiger partial charge is 0.392 e. The van der Waals surface area contributed by atoms with Gasteiger partial charge >= 0.3 is 0 Å². The van der Waals surface area contributed by atoms with Crippen molar-refractivity contribution >= 4 is 11.4 Å². The summed E-state index contributed by atoms with van der Waals surface area (Å²) in [5.74, 6) is 0. The van der Waals surface area contributed by atoms with Gasteiger partial charge in [-0.1, -0.05) is 0 Å². The van der Waals surface area contributed by atoms with Crippen molar-refractivity contribution < 1.29 is 14.8 Å². The van der Waals surface area contributed by atoms with E-state index in [2.05, 4.69) is 4.90 Å². The molecule has 0 radical (unpaired) electrons. The first-order valence-electron chi connectivity index (χ1n) is 6.31. The van der Waals surface area contributed by atoms with Crippen LogP contribution in [0.3, 0.4) is 0 Å². The third kappa shape index (κ3) is 3.21. The van der Waals surface area contributed by atoms with Gasteiger partial charge in [-0.3, -0.25) is 10.1 Å². The van der Waals surface area contributed by atoms with E-state index in [9.17, 15) is 15.2 Å². The van der Waals surface area contributed by atoms with Crippen molar-refractivity contribution in [2.75, 3.05) is 25.1 Å². The Balaban J connectivity index is 2.20. The molecule has 6 heteroatoms. The number of piperidine rings is 1. The van der Waals surface area contributed by atoms with Crippen LogP contribution in [0.1, 0.15) is 18.4 Å². The quantitative estimate of drug-likeness (QED) is 0.663. The molecule has 0 aromatic heterocycles. The molecule has 1 aliphatic heterocycles. The maximum absolute atomic E-state index is 10.9. The van der Waals surface area contributed by atoms with Gasteiger partial charge in [0.25, 0.3) is 5.69 Å². The molecule has 0 bridgehead atoms. The van der Waals surface area contributed by atoms with Gasteiger partial charge in [-0.2, -0.15) is 0 Å². The topological polar surface area (TPSA) is 75.8 Å². The lowest BCUT2D eigenvalue weighted by Crippen LogP contribution is -2.36. The average Bonchev–Trinajstić information content (AvgIpc) is 2.46. The zero-order chi connectivity index (χ0) is 13.8. The number of rotatable bonds is 4. The molecule has 0 saturated carbocycles. The molecular formula is C13H18N2O4. The minimum Gasteiger partial charge on any atom is -0.392 e. The Bertz CT molecular complexity index is 456. The minimum atomic E-state index is -0.426. The Morgan fingerprint density at radius 1 is 1.42 bits per heavy atom. The van der Waals surface area contributed by atoms with Crippen LogP contribution in [-0.4, -0.2) is 36.3 Å². The number of anilines is 1. The molecule has 1 saturated heterocycles. The molecule has 104 valence electrons. The molecule has 0 atom stereocenters. The van der Waals surface area contributed by atoms with Crippen molar-refractivity contribution in [3.8, 4) is 0 Å². The SMILES string of the molecule is COC1CCN(c2cc(CO)cc([N+](=O)[O-])c2)CC1. The van der Waals surface area contributed by atoms with Crippen molar-refractivity contribution in [1.29, 1.82) is 0 Å². The molecule has 19 heavy (non-hydrogen) atoms. The zero-order valence-electron chi connectivity index (χ0n) is 10.9. The number of nitrogens with zero attached hydrogens (tertiary/aromatic N) is 2. The first kappa shape index (κ1) is 13.8. The number of ether oxygens (including phenoxy) is 1. The van der Waals surface area contributed by atoms with Crippen LogP contribution in [0.2, 0.25) is 0 Å². The van der Waals surface area contributed by atoms with Gasteiger partial charge in [0.1, 0.15) is 0 Å². The van der Waals surface area contributed by atoms with Crippen LogP contribution in [0, 0.1) is 10.1 Å².